The number of nitrogens with two attached hydrogens (primary N) is 1. The molecule has 1 aliphatic rings. The normalized spacial score (nSPS) is 16.5. The van der Waals surface area contributed by atoms with Crippen LogP contribution in [0.2, 0.25) is 0 Å². The molecule has 0 bridgehead atoms. The van der Waals surface area contributed by atoms with E-state index in [1.54, 1.807) is 17.5 Å². The number of aryl methyl sites for hydroxylation is 1. The van der Waals surface area contributed by atoms with Crippen molar-refractivity contribution in [2.75, 3.05) is 31.1 Å². The molecule has 3 rings (SSSR count). The lowest BCUT2D eigenvalue weighted by molar-refractivity contribution is 0.380. The standard InChI is InChI=1S/C13H19N7S/c1-18-11(2-3-17-18)10-16-12(14)19-5-7-20(8-6-19)13-15-4-9-21-13/h2-4,9H,5-8,10H2,1H3,(H2,14,16). The summed E-state index contributed by atoms with van der Waals surface area (Å²) >= 11 is 1.67. The fourth-order valence-corrected chi connectivity index (χ4v) is 3.01. The topological polar surface area (TPSA) is 75.6 Å². The molecular weight excluding hydrogens is 286 g/mol. The molecule has 0 unspecified atom stereocenters. The van der Waals surface area contributed by atoms with E-state index in [2.05, 4.69) is 24.9 Å². The van der Waals surface area contributed by atoms with E-state index in [1.165, 1.54) is 0 Å². The first-order valence-electron chi connectivity index (χ1n) is 6.90. The minimum atomic E-state index is 0.565. The molecular formula is C13H19N7S. The molecule has 112 valence electrons. The molecule has 3 heterocycles. The van der Waals surface area contributed by atoms with Crippen LogP contribution >= 0.6 is 11.3 Å². The van der Waals surface area contributed by atoms with Crippen molar-refractivity contribution >= 4 is 22.4 Å². The zero-order chi connectivity index (χ0) is 14.7. The molecule has 8 heteroatoms. The summed E-state index contributed by atoms with van der Waals surface area (Å²) in [6.45, 7) is 4.17. The van der Waals surface area contributed by atoms with E-state index in [9.17, 15) is 0 Å². The third kappa shape index (κ3) is 3.15. The van der Waals surface area contributed by atoms with Crippen LogP contribution in [0.15, 0.2) is 28.8 Å². The molecule has 7 nitrogen and oxygen atoms in total. The summed E-state index contributed by atoms with van der Waals surface area (Å²) in [6.07, 6.45) is 3.62. The van der Waals surface area contributed by atoms with Crippen LogP contribution in [0.4, 0.5) is 5.13 Å². The second kappa shape index (κ2) is 6.13. The van der Waals surface area contributed by atoms with Crippen LogP contribution < -0.4 is 10.6 Å². The van der Waals surface area contributed by atoms with Gasteiger partial charge in [0.1, 0.15) is 0 Å². The van der Waals surface area contributed by atoms with Gasteiger partial charge in [0.2, 0.25) is 0 Å². The van der Waals surface area contributed by atoms with Crippen LogP contribution in [-0.4, -0.2) is 51.8 Å². The van der Waals surface area contributed by atoms with Crippen LogP contribution in [0.1, 0.15) is 5.69 Å². The van der Waals surface area contributed by atoms with Gasteiger partial charge in [0.05, 0.1) is 12.2 Å². The molecule has 0 saturated carbocycles. The molecule has 1 fully saturated rings. The van der Waals surface area contributed by atoms with Crippen molar-refractivity contribution in [2.24, 2.45) is 17.8 Å². The summed E-state index contributed by atoms with van der Waals surface area (Å²) in [5, 5.41) is 7.21. The Morgan fingerprint density at radius 3 is 2.76 bits per heavy atom. The van der Waals surface area contributed by atoms with E-state index in [-0.39, 0.29) is 0 Å². The van der Waals surface area contributed by atoms with Crippen molar-refractivity contribution in [3.8, 4) is 0 Å². The lowest BCUT2D eigenvalue weighted by Crippen LogP contribution is -2.51. The van der Waals surface area contributed by atoms with E-state index in [4.69, 9.17) is 5.73 Å². The van der Waals surface area contributed by atoms with Crippen molar-refractivity contribution in [2.45, 2.75) is 6.54 Å². The quantitative estimate of drug-likeness (QED) is 0.661. The largest absolute Gasteiger partial charge is 0.370 e. The number of nitrogens with zero attached hydrogens (tertiary/aromatic N) is 6. The lowest BCUT2D eigenvalue weighted by Gasteiger charge is -2.35. The van der Waals surface area contributed by atoms with Crippen LogP contribution in [-0.2, 0) is 13.6 Å². The fourth-order valence-electron chi connectivity index (χ4n) is 2.32. The highest BCUT2D eigenvalue weighted by Gasteiger charge is 2.19. The minimum absolute atomic E-state index is 0.565. The summed E-state index contributed by atoms with van der Waals surface area (Å²) in [4.78, 5) is 13.2. The fraction of sp³-hybridized carbons (Fsp3) is 0.462. The van der Waals surface area contributed by atoms with Crippen molar-refractivity contribution in [1.82, 2.24) is 19.7 Å². The van der Waals surface area contributed by atoms with Crippen molar-refractivity contribution in [3.63, 3.8) is 0 Å². The van der Waals surface area contributed by atoms with Gasteiger partial charge in [-0.05, 0) is 6.07 Å². The van der Waals surface area contributed by atoms with Crippen LogP contribution in [0.3, 0.4) is 0 Å². The zero-order valence-corrected chi connectivity index (χ0v) is 12.8. The molecule has 2 N–H and O–H groups in total. The predicted octanol–water partition coefficient (Wildman–Crippen LogP) is 0.513. The van der Waals surface area contributed by atoms with E-state index in [0.29, 0.717) is 12.5 Å². The molecule has 2 aromatic heterocycles. The Labute approximate surface area is 127 Å². The Kier molecular flexibility index (Phi) is 4.05. The average molecular weight is 305 g/mol. The Balaban J connectivity index is 1.55. The number of thiazole rings is 1. The highest BCUT2D eigenvalue weighted by Crippen LogP contribution is 2.18. The monoisotopic (exact) mass is 305 g/mol. The second-order valence-electron chi connectivity index (χ2n) is 4.91. The maximum Gasteiger partial charge on any atom is 0.191 e. The minimum Gasteiger partial charge on any atom is -0.370 e. The number of aromatic nitrogens is 3. The number of hydrogen-bond donors (Lipinski definition) is 1. The lowest BCUT2D eigenvalue weighted by atomic mass is 10.3. The van der Waals surface area contributed by atoms with Crippen molar-refractivity contribution in [1.29, 1.82) is 0 Å². The molecule has 21 heavy (non-hydrogen) atoms. The summed E-state index contributed by atoms with van der Waals surface area (Å²) in [5.74, 6) is 0.606. The second-order valence-corrected chi connectivity index (χ2v) is 5.78. The molecule has 0 radical (unpaired) electrons. The first kappa shape index (κ1) is 13.9. The number of anilines is 1. The smallest absolute Gasteiger partial charge is 0.191 e. The summed E-state index contributed by atoms with van der Waals surface area (Å²) in [7, 11) is 1.91. The first-order chi connectivity index (χ1) is 10.2. The molecule has 0 aromatic carbocycles. The van der Waals surface area contributed by atoms with Gasteiger partial charge in [0, 0.05) is 51.0 Å². The summed E-state index contributed by atoms with van der Waals surface area (Å²) in [5.41, 5.74) is 7.15. The van der Waals surface area contributed by atoms with Gasteiger partial charge < -0.3 is 15.5 Å². The molecule has 1 saturated heterocycles. The third-order valence-electron chi connectivity index (χ3n) is 3.62. The van der Waals surface area contributed by atoms with E-state index in [1.807, 2.05) is 29.4 Å². The Bertz CT molecular complexity index is 596. The summed E-state index contributed by atoms with van der Waals surface area (Å²) < 4.78 is 1.82. The summed E-state index contributed by atoms with van der Waals surface area (Å²) in [6, 6.07) is 1.96. The highest BCUT2D eigenvalue weighted by molar-refractivity contribution is 7.13. The van der Waals surface area contributed by atoms with Crippen LogP contribution in [0, 0.1) is 0 Å². The number of piperazine rings is 1. The van der Waals surface area contributed by atoms with Crippen LogP contribution in [0.5, 0.6) is 0 Å². The van der Waals surface area contributed by atoms with Gasteiger partial charge in [-0.25, -0.2) is 9.98 Å². The van der Waals surface area contributed by atoms with E-state index in [0.717, 1.165) is 37.0 Å². The number of rotatable bonds is 3. The molecule has 0 spiro atoms. The Hall–Kier alpha value is -2.09. The first-order valence-corrected chi connectivity index (χ1v) is 7.78. The number of aliphatic imine (C=N–C) groups is 1. The van der Waals surface area contributed by atoms with Gasteiger partial charge in [-0.1, -0.05) is 0 Å². The Morgan fingerprint density at radius 1 is 1.33 bits per heavy atom. The predicted molar refractivity (Wildman–Crippen MR) is 84.4 cm³/mol. The Morgan fingerprint density at radius 2 is 2.14 bits per heavy atom. The zero-order valence-electron chi connectivity index (χ0n) is 12.0. The van der Waals surface area contributed by atoms with Gasteiger partial charge in [0.15, 0.2) is 11.1 Å². The maximum atomic E-state index is 6.09. The number of guanidine groups is 1. The number of hydrogen-bond acceptors (Lipinski definition) is 5. The molecule has 0 aliphatic carbocycles. The van der Waals surface area contributed by atoms with Crippen LogP contribution in [0.25, 0.3) is 0 Å². The third-order valence-corrected chi connectivity index (χ3v) is 4.45. The SMILES string of the molecule is Cn1nccc1CN=C(N)N1CCN(c2nccs2)CC1. The van der Waals surface area contributed by atoms with Crippen molar-refractivity contribution < 1.29 is 0 Å². The van der Waals surface area contributed by atoms with Gasteiger partial charge in [-0.3, -0.25) is 4.68 Å². The van der Waals surface area contributed by atoms with Gasteiger partial charge in [-0.15, -0.1) is 11.3 Å². The maximum absolute atomic E-state index is 6.09. The molecule has 0 atom stereocenters. The van der Waals surface area contributed by atoms with Crippen molar-refractivity contribution in [3.05, 3.63) is 29.5 Å². The molecule has 1 aliphatic heterocycles. The van der Waals surface area contributed by atoms with E-state index >= 15 is 0 Å². The highest BCUT2D eigenvalue weighted by atomic mass is 32.1. The van der Waals surface area contributed by atoms with E-state index < -0.39 is 0 Å². The average Bonchev–Trinajstić information content (AvgIpc) is 3.17. The van der Waals surface area contributed by atoms with Gasteiger partial charge in [-0.2, -0.15) is 5.10 Å². The van der Waals surface area contributed by atoms with Gasteiger partial charge in [0.25, 0.3) is 0 Å². The molecule has 2 aromatic rings. The molecule has 0 amide bonds. The van der Waals surface area contributed by atoms with Gasteiger partial charge >= 0.3 is 0 Å².